The van der Waals surface area contributed by atoms with Gasteiger partial charge in [0, 0.05) is 11.7 Å². The Morgan fingerprint density at radius 2 is 2.00 bits per heavy atom. The normalized spacial score (nSPS) is 20.3. The summed E-state index contributed by atoms with van der Waals surface area (Å²) < 4.78 is 15.8. The standard InChI is InChI=1S/C20H24N6O2S2/c1-12-9-15-16(25-29-24-15)10-14(12)22-19-21-11-17-18(23-19)26(20(27)28-17)13-5-4-7-30(2,3)8-6-13/h9-11,13H,4-8H2,1-3H3,(H,21,22,23). The number of oxazole rings is 1. The molecule has 0 bridgehead atoms. The summed E-state index contributed by atoms with van der Waals surface area (Å²) in [5, 5.41) is 3.27. The second kappa shape index (κ2) is 7.35. The van der Waals surface area contributed by atoms with Gasteiger partial charge in [0.25, 0.3) is 0 Å². The molecule has 0 aliphatic carbocycles. The Morgan fingerprint density at radius 3 is 2.83 bits per heavy atom. The zero-order chi connectivity index (χ0) is 20.9. The Labute approximate surface area is 179 Å². The lowest BCUT2D eigenvalue weighted by Crippen LogP contribution is -2.21. The number of aryl methyl sites for hydroxylation is 1. The number of nitrogens with zero attached hydrogens (tertiary/aromatic N) is 5. The number of fused-ring (bicyclic) bond motifs is 2. The van der Waals surface area contributed by atoms with E-state index in [4.69, 9.17) is 4.42 Å². The fraction of sp³-hybridized carbons (Fsp3) is 0.450. The van der Waals surface area contributed by atoms with Crippen molar-refractivity contribution in [3.8, 4) is 0 Å². The average Bonchev–Trinajstić information content (AvgIpc) is 3.22. The van der Waals surface area contributed by atoms with Crippen LogP contribution in [0.5, 0.6) is 0 Å². The minimum atomic E-state index is -0.577. The van der Waals surface area contributed by atoms with E-state index >= 15 is 0 Å². The summed E-state index contributed by atoms with van der Waals surface area (Å²) in [6.45, 7) is 2.00. The molecule has 1 saturated heterocycles. The molecule has 1 fully saturated rings. The predicted octanol–water partition coefficient (Wildman–Crippen LogP) is 4.23. The lowest BCUT2D eigenvalue weighted by molar-refractivity contribution is 0.411. The average molecular weight is 445 g/mol. The SMILES string of the molecule is Cc1cc2nsnc2cc1Nc1ncc2oc(=O)n(C3CCCS(C)(C)CC3)c2n1. The topological polar surface area (TPSA) is 98.7 Å². The summed E-state index contributed by atoms with van der Waals surface area (Å²) in [4.78, 5) is 21.7. The largest absolute Gasteiger partial charge is 0.421 e. The first-order valence-electron chi connectivity index (χ1n) is 9.96. The maximum Gasteiger partial charge on any atom is 0.421 e. The lowest BCUT2D eigenvalue weighted by Gasteiger charge is -2.29. The van der Waals surface area contributed by atoms with E-state index < -0.39 is 10.0 Å². The van der Waals surface area contributed by atoms with Gasteiger partial charge in [-0.1, -0.05) is 0 Å². The third kappa shape index (κ3) is 3.58. The number of nitrogens with one attached hydrogen (secondary N) is 1. The van der Waals surface area contributed by atoms with Gasteiger partial charge >= 0.3 is 5.76 Å². The molecule has 0 radical (unpaired) electrons. The molecule has 10 heteroatoms. The molecule has 1 N–H and O–H groups in total. The lowest BCUT2D eigenvalue weighted by atomic mass is 10.1. The highest BCUT2D eigenvalue weighted by Crippen LogP contribution is 2.46. The molecule has 1 atom stereocenters. The third-order valence-corrected chi connectivity index (χ3v) is 9.10. The zero-order valence-electron chi connectivity index (χ0n) is 17.2. The van der Waals surface area contributed by atoms with Crippen LogP contribution in [0.4, 0.5) is 11.6 Å². The Kier molecular flexibility index (Phi) is 4.78. The summed E-state index contributed by atoms with van der Waals surface area (Å²) in [7, 11) is -0.577. The van der Waals surface area contributed by atoms with Crippen LogP contribution in [0, 0.1) is 6.92 Å². The number of rotatable bonds is 3. The van der Waals surface area contributed by atoms with Gasteiger partial charge in [-0.25, -0.2) is 19.8 Å². The summed E-state index contributed by atoms with van der Waals surface area (Å²) in [6, 6.07) is 4.05. The van der Waals surface area contributed by atoms with E-state index in [1.807, 2.05) is 19.1 Å². The number of hydrogen-bond acceptors (Lipinski definition) is 8. The van der Waals surface area contributed by atoms with Crippen LogP contribution in [-0.2, 0) is 0 Å². The van der Waals surface area contributed by atoms with Gasteiger partial charge in [-0.2, -0.15) is 13.7 Å². The number of aromatic nitrogens is 5. The number of benzene rings is 1. The van der Waals surface area contributed by atoms with Gasteiger partial charge in [-0.15, -0.1) is 0 Å². The summed E-state index contributed by atoms with van der Waals surface area (Å²) >= 11 is 1.19. The molecule has 8 nitrogen and oxygen atoms in total. The van der Waals surface area contributed by atoms with E-state index in [1.165, 1.54) is 17.5 Å². The van der Waals surface area contributed by atoms with Gasteiger partial charge in [0.2, 0.25) is 5.95 Å². The molecule has 1 unspecified atom stereocenters. The van der Waals surface area contributed by atoms with Crippen molar-refractivity contribution in [2.75, 3.05) is 29.3 Å². The highest BCUT2D eigenvalue weighted by molar-refractivity contribution is 8.32. The minimum absolute atomic E-state index is 0.120. The highest BCUT2D eigenvalue weighted by Gasteiger charge is 2.26. The molecular formula is C20H24N6O2S2. The summed E-state index contributed by atoms with van der Waals surface area (Å²) in [5.74, 6) is 2.50. The third-order valence-electron chi connectivity index (χ3n) is 5.81. The smallest absolute Gasteiger partial charge is 0.404 e. The maximum atomic E-state index is 12.7. The summed E-state index contributed by atoms with van der Waals surface area (Å²) in [6.07, 6.45) is 9.43. The molecule has 0 saturated carbocycles. The molecule has 3 aromatic heterocycles. The second-order valence-corrected chi connectivity index (χ2v) is 13.3. The minimum Gasteiger partial charge on any atom is -0.404 e. The number of hydrogen-bond donors (Lipinski definition) is 1. The van der Waals surface area contributed by atoms with Crippen LogP contribution in [0.1, 0.15) is 30.9 Å². The molecule has 4 heterocycles. The van der Waals surface area contributed by atoms with E-state index in [2.05, 4.69) is 36.5 Å². The fourth-order valence-electron chi connectivity index (χ4n) is 4.08. The predicted molar refractivity (Wildman–Crippen MR) is 124 cm³/mol. The molecule has 0 amide bonds. The fourth-order valence-corrected chi connectivity index (χ4v) is 6.65. The zero-order valence-corrected chi connectivity index (χ0v) is 18.8. The molecule has 158 valence electrons. The molecule has 4 aromatic rings. The molecule has 30 heavy (non-hydrogen) atoms. The van der Waals surface area contributed by atoms with Crippen LogP contribution in [0.15, 0.2) is 27.5 Å². The van der Waals surface area contributed by atoms with Gasteiger partial charge < -0.3 is 9.73 Å². The first-order chi connectivity index (χ1) is 14.4. The molecule has 1 aliphatic heterocycles. The van der Waals surface area contributed by atoms with E-state index in [9.17, 15) is 4.79 Å². The highest BCUT2D eigenvalue weighted by atomic mass is 32.3. The van der Waals surface area contributed by atoms with Crippen molar-refractivity contribution < 1.29 is 4.42 Å². The van der Waals surface area contributed by atoms with Crippen molar-refractivity contribution in [1.82, 2.24) is 23.3 Å². The van der Waals surface area contributed by atoms with E-state index in [-0.39, 0.29) is 11.8 Å². The second-order valence-electron chi connectivity index (χ2n) is 8.42. The molecule has 0 spiro atoms. The van der Waals surface area contributed by atoms with E-state index in [0.29, 0.717) is 17.2 Å². The van der Waals surface area contributed by atoms with Crippen molar-refractivity contribution in [2.45, 2.75) is 32.2 Å². The van der Waals surface area contributed by atoms with Gasteiger partial charge in [0.15, 0.2) is 11.2 Å². The van der Waals surface area contributed by atoms with Crippen LogP contribution in [0.2, 0.25) is 0 Å². The van der Waals surface area contributed by atoms with E-state index in [0.717, 1.165) is 47.3 Å². The van der Waals surface area contributed by atoms with Crippen molar-refractivity contribution in [2.24, 2.45) is 0 Å². The van der Waals surface area contributed by atoms with Crippen molar-refractivity contribution >= 4 is 55.7 Å². The molecular weight excluding hydrogens is 420 g/mol. The Bertz CT molecular complexity index is 1290. The first-order valence-corrected chi connectivity index (χ1v) is 13.5. The van der Waals surface area contributed by atoms with Crippen LogP contribution in [-0.4, -0.2) is 47.3 Å². The van der Waals surface area contributed by atoms with Gasteiger partial charge in [0.1, 0.15) is 11.0 Å². The Morgan fingerprint density at radius 1 is 1.20 bits per heavy atom. The van der Waals surface area contributed by atoms with Crippen LogP contribution >= 0.6 is 21.8 Å². The Hall–Kier alpha value is -2.46. The van der Waals surface area contributed by atoms with Gasteiger partial charge in [0.05, 0.1) is 17.9 Å². The van der Waals surface area contributed by atoms with Crippen LogP contribution < -0.4 is 11.1 Å². The van der Waals surface area contributed by atoms with Crippen LogP contribution in [0.25, 0.3) is 22.3 Å². The summed E-state index contributed by atoms with van der Waals surface area (Å²) in [5.41, 5.74) is 4.59. The first kappa shape index (κ1) is 19.5. The quantitative estimate of drug-likeness (QED) is 0.505. The number of anilines is 2. The van der Waals surface area contributed by atoms with Crippen molar-refractivity contribution in [3.63, 3.8) is 0 Å². The van der Waals surface area contributed by atoms with Gasteiger partial charge in [-0.05, 0) is 67.9 Å². The molecule has 5 rings (SSSR count). The Balaban J connectivity index is 1.51. The van der Waals surface area contributed by atoms with E-state index in [1.54, 1.807) is 10.8 Å². The van der Waals surface area contributed by atoms with Crippen molar-refractivity contribution in [3.05, 3.63) is 34.4 Å². The monoisotopic (exact) mass is 444 g/mol. The van der Waals surface area contributed by atoms with Gasteiger partial charge in [-0.3, -0.25) is 4.57 Å². The molecule has 1 aromatic carbocycles. The van der Waals surface area contributed by atoms with Crippen molar-refractivity contribution in [1.29, 1.82) is 0 Å². The van der Waals surface area contributed by atoms with Crippen LogP contribution in [0.3, 0.4) is 0 Å². The maximum absolute atomic E-state index is 12.7. The molecule has 1 aliphatic rings.